The second-order valence-corrected chi connectivity index (χ2v) is 9.38. The highest BCUT2D eigenvalue weighted by molar-refractivity contribution is 9.11. The van der Waals surface area contributed by atoms with Crippen LogP contribution in [-0.4, -0.2) is 35.0 Å². The zero-order chi connectivity index (χ0) is 25.4. The number of amides is 1. The van der Waals surface area contributed by atoms with E-state index in [2.05, 4.69) is 37.2 Å². The number of halogens is 2. The van der Waals surface area contributed by atoms with Crippen LogP contribution in [0.2, 0.25) is 0 Å². The number of allylic oxidation sites excluding steroid dienone is 1. The fraction of sp³-hybridized carbons (Fsp3) is 0.231. The monoisotopic (exact) mass is 605 g/mol. The van der Waals surface area contributed by atoms with Gasteiger partial charge in [0, 0.05) is 28.1 Å². The van der Waals surface area contributed by atoms with Crippen LogP contribution in [0.4, 0.5) is 10.5 Å². The number of phenols is 1. The van der Waals surface area contributed by atoms with Crippen LogP contribution in [0, 0.1) is 0 Å². The highest BCUT2D eigenvalue weighted by Crippen LogP contribution is 2.40. The molecular weight excluding hydrogens is 582 g/mol. The lowest BCUT2D eigenvalue weighted by atomic mass is 9.99. The third-order valence-corrected chi connectivity index (χ3v) is 6.28. The summed E-state index contributed by atoms with van der Waals surface area (Å²) in [5.41, 5.74) is 0.934. The lowest BCUT2D eigenvalue weighted by molar-refractivity contribution is -0.131. The van der Waals surface area contributed by atoms with Crippen LogP contribution < -0.4 is 5.32 Å². The molecule has 1 amide bonds. The molecule has 0 aliphatic rings. The van der Waals surface area contributed by atoms with Crippen molar-refractivity contribution in [3.8, 4) is 5.75 Å². The predicted octanol–water partition coefficient (Wildman–Crippen LogP) is 7.19. The lowest BCUT2D eigenvalue weighted by Gasteiger charge is -2.28. The second kappa shape index (κ2) is 12.7. The largest absolute Gasteiger partial charge is 0.506 e. The second-order valence-electron chi connectivity index (χ2n) is 7.61. The first kappa shape index (κ1) is 26.7. The van der Waals surface area contributed by atoms with Crippen molar-refractivity contribution in [3.05, 3.63) is 81.3 Å². The van der Waals surface area contributed by atoms with E-state index in [4.69, 9.17) is 14.6 Å². The SMILES string of the molecule is CCO[C@H](CC/C=C/C(=O)O)[C@H](OC(=O)Nc1cccc2ccccc12)c1cc(Br)cc(Br)c1O. The fourth-order valence-corrected chi connectivity index (χ4v) is 4.97. The summed E-state index contributed by atoms with van der Waals surface area (Å²) in [6.07, 6.45) is 0.955. The van der Waals surface area contributed by atoms with Gasteiger partial charge in [-0.1, -0.05) is 58.4 Å². The molecule has 7 nitrogen and oxygen atoms in total. The molecule has 3 rings (SSSR count). The summed E-state index contributed by atoms with van der Waals surface area (Å²) in [7, 11) is 0. The maximum absolute atomic E-state index is 13.1. The van der Waals surface area contributed by atoms with Crippen LogP contribution in [0.5, 0.6) is 5.75 Å². The molecule has 0 aliphatic heterocycles. The molecule has 0 aliphatic carbocycles. The minimum Gasteiger partial charge on any atom is -0.506 e. The summed E-state index contributed by atoms with van der Waals surface area (Å²) < 4.78 is 12.8. The van der Waals surface area contributed by atoms with Gasteiger partial charge in [0.05, 0.1) is 16.3 Å². The van der Waals surface area contributed by atoms with Gasteiger partial charge in [-0.25, -0.2) is 9.59 Å². The van der Waals surface area contributed by atoms with Crippen LogP contribution in [0.25, 0.3) is 10.8 Å². The predicted molar refractivity (Wildman–Crippen MR) is 142 cm³/mol. The molecule has 0 saturated carbocycles. The Morgan fingerprint density at radius 2 is 1.86 bits per heavy atom. The summed E-state index contributed by atoms with van der Waals surface area (Å²) in [4.78, 5) is 23.9. The number of aliphatic carboxylic acids is 1. The van der Waals surface area contributed by atoms with Gasteiger partial charge in [-0.2, -0.15) is 0 Å². The third kappa shape index (κ3) is 7.30. The number of aromatic hydroxyl groups is 1. The zero-order valence-corrected chi connectivity index (χ0v) is 22.1. The van der Waals surface area contributed by atoms with Gasteiger partial charge in [-0.15, -0.1) is 0 Å². The van der Waals surface area contributed by atoms with Crippen molar-refractivity contribution in [3.63, 3.8) is 0 Å². The molecule has 0 aromatic heterocycles. The molecule has 2 atom stereocenters. The third-order valence-electron chi connectivity index (χ3n) is 5.22. The number of carboxylic acids is 1. The first-order chi connectivity index (χ1) is 16.8. The summed E-state index contributed by atoms with van der Waals surface area (Å²) in [5, 5.41) is 24.3. The van der Waals surface area contributed by atoms with Gasteiger partial charge in [0.25, 0.3) is 0 Å². The molecule has 0 bridgehead atoms. The molecular formula is C26H25Br2NO6. The van der Waals surface area contributed by atoms with Gasteiger partial charge in [-0.3, -0.25) is 5.32 Å². The van der Waals surface area contributed by atoms with E-state index in [1.165, 1.54) is 6.08 Å². The van der Waals surface area contributed by atoms with E-state index in [-0.39, 0.29) is 5.75 Å². The number of fused-ring (bicyclic) bond motifs is 1. The van der Waals surface area contributed by atoms with Gasteiger partial charge < -0.3 is 19.7 Å². The first-order valence-electron chi connectivity index (χ1n) is 10.9. The number of hydrogen-bond acceptors (Lipinski definition) is 5. The van der Waals surface area contributed by atoms with E-state index in [0.29, 0.717) is 39.6 Å². The highest BCUT2D eigenvalue weighted by atomic mass is 79.9. The number of benzene rings is 3. The van der Waals surface area contributed by atoms with E-state index in [1.807, 2.05) is 43.3 Å². The molecule has 9 heteroatoms. The Bertz CT molecular complexity index is 1220. The van der Waals surface area contributed by atoms with Gasteiger partial charge in [0.15, 0.2) is 6.10 Å². The summed E-state index contributed by atoms with van der Waals surface area (Å²) in [6, 6.07) is 16.5. The first-order valence-corrected chi connectivity index (χ1v) is 12.5. The normalized spacial score (nSPS) is 13.0. The molecule has 0 spiro atoms. The van der Waals surface area contributed by atoms with Gasteiger partial charge in [0.1, 0.15) is 5.75 Å². The van der Waals surface area contributed by atoms with Crippen LogP contribution in [0.1, 0.15) is 31.4 Å². The standard InChI is InChI=1S/C26H25Br2NO6/c1-2-34-22(12-5-6-13-23(30)31)25(19-14-17(27)15-20(28)24(19)32)35-26(33)29-21-11-7-9-16-8-3-4-10-18(16)21/h3-4,6-11,13-15,22,25,32H,2,5,12H2,1H3,(H,29,33)(H,30,31)/b13-6+/t22-,25-/m1/s1. The van der Waals surface area contributed by atoms with Crippen molar-refractivity contribution < 1.29 is 29.3 Å². The Morgan fingerprint density at radius 3 is 2.60 bits per heavy atom. The van der Waals surface area contributed by atoms with E-state index in [1.54, 1.807) is 18.2 Å². The molecule has 0 radical (unpaired) electrons. The fourth-order valence-electron chi connectivity index (χ4n) is 3.71. The average Bonchev–Trinajstić information content (AvgIpc) is 2.82. The number of ether oxygens (including phenoxy) is 2. The molecule has 0 fully saturated rings. The lowest BCUT2D eigenvalue weighted by Crippen LogP contribution is -2.29. The number of rotatable bonds is 10. The Balaban J connectivity index is 1.92. The van der Waals surface area contributed by atoms with E-state index in [0.717, 1.165) is 16.8 Å². The Labute approximate surface area is 220 Å². The van der Waals surface area contributed by atoms with E-state index in [9.17, 15) is 14.7 Å². The maximum atomic E-state index is 13.1. The Hall–Kier alpha value is -2.88. The summed E-state index contributed by atoms with van der Waals surface area (Å²) in [5.74, 6) is -1.13. The smallest absolute Gasteiger partial charge is 0.412 e. The number of nitrogens with one attached hydrogen (secondary N) is 1. The van der Waals surface area contributed by atoms with Crippen LogP contribution >= 0.6 is 31.9 Å². The minimum atomic E-state index is -1.05. The molecule has 0 saturated heterocycles. The van der Waals surface area contributed by atoms with E-state index < -0.39 is 24.3 Å². The van der Waals surface area contributed by atoms with Gasteiger partial charge >= 0.3 is 12.1 Å². The number of carbonyl (C=O) groups is 2. The molecule has 3 aromatic carbocycles. The number of carbonyl (C=O) groups excluding carboxylic acids is 1. The Kier molecular flexibility index (Phi) is 9.71. The molecule has 35 heavy (non-hydrogen) atoms. The van der Waals surface area contributed by atoms with Crippen LogP contribution in [0.15, 0.2) is 75.7 Å². The number of carboxylic acid groups (broad SMARTS) is 1. The zero-order valence-electron chi connectivity index (χ0n) is 18.9. The summed E-state index contributed by atoms with van der Waals surface area (Å²) >= 11 is 6.74. The van der Waals surface area contributed by atoms with Gasteiger partial charge in [-0.05, 0) is 59.3 Å². The number of phenolic OH excluding ortho intramolecular Hbond substituents is 1. The Morgan fingerprint density at radius 1 is 1.11 bits per heavy atom. The molecule has 0 heterocycles. The molecule has 0 unspecified atom stereocenters. The number of anilines is 1. The molecule has 184 valence electrons. The minimum absolute atomic E-state index is 0.0815. The van der Waals surface area contributed by atoms with Crippen molar-refractivity contribution in [2.45, 2.75) is 32.0 Å². The summed E-state index contributed by atoms with van der Waals surface area (Å²) in [6.45, 7) is 2.14. The van der Waals surface area contributed by atoms with E-state index >= 15 is 0 Å². The topological polar surface area (TPSA) is 105 Å². The average molecular weight is 607 g/mol. The van der Waals surface area contributed by atoms with Crippen molar-refractivity contribution >= 4 is 60.4 Å². The van der Waals surface area contributed by atoms with Crippen molar-refractivity contribution in [2.75, 3.05) is 11.9 Å². The number of hydrogen-bond donors (Lipinski definition) is 3. The van der Waals surface area contributed by atoms with Crippen molar-refractivity contribution in [1.82, 2.24) is 0 Å². The quantitative estimate of drug-likeness (QED) is 0.211. The van der Waals surface area contributed by atoms with Crippen LogP contribution in [-0.2, 0) is 14.3 Å². The molecule has 3 N–H and O–H groups in total. The van der Waals surface area contributed by atoms with Crippen molar-refractivity contribution in [1.29, 1.82) is 0 Å². The van der Waals surface area contributed by atoms with Gasteiger partial charge in [0.2, 0.25) is 0 Å². The maximum Gasteiger partial charge on any atom is 0.412 e. The molecule has 3 aromatic rings. The highest BCUT2D eigenvalue weighted by Gasteiger charge is 2.31. The van der Waals surface area contributed by atoms with Crippen molar-refractivity contribution in [2.24, 2.45) is 0 Å². The van der Waals surface area contributed by atoms with Crippen LogP contribution in [0.3, 0.4) is 0 Å².